The quantitative estimate of drug-likeness (QED) is 0.810. The van der Waals surface area contributed by atoms with Crippen molar-refractivity contribution in [3.63, 3.8) is 0 Å². The smallest absolute Gasteiger partial charge is 0.434 e. The molecule has 4 nitrogen and oxygen atoms in total. The summed E-state index contributed by atoms with van der Waals surface area (Å²) in [5, 5.41) is 0.107. The van der Waals surface area contributed by atoms with Crippen molar-refractivity contribution < 1.29 is 22.7 Å². The summed E-state index contributed by atoms with van der Waals surface area (Å²) in [6.07, 6.45) is -3.88. The molecule has 0 N–H and O–H groups in total. The molecule has 21 heavy (non-hydrogen) atoms. The van der Waals surface area contributed by atoms with Crippen LogP contribution in [0, 0.1) is 0 Å². The Bertz CT molecular complexity index is 668. The topological polar surface area (TPSA) is 44.1 Å². The first kappa shape index (κ1) is 15.4. The first-order valence-electron chi connectivity index (χ1n) is 5.92. The van der Waals surface area contributed by atoms with E-state index in [1.807, 2.05) is 0 Å². The third-order valence-corrected chi connectivity index (χ3v) is 2.94. The lowest BCUT2D eigenvalue weighted by Gasteiger charge is -2.13. The number of halogens is 4. The molecule has 0 saturated heterocycles. The Morgan fingerprint density at radius 3 is 2.62 bits per heavy atom. The SMILES string of the molecule is CCOC(=O)c1ncn(-c2ccccc2Cl)c1C(F)(F)F. The van der Waals surface area contributed by atoms with Crippen LogP contribution < -0.4 is 0 Å². The van der Waals surface area contributed by atoms with Gasteiger partial charge in [0.25, 0.3) is 0 Å². The van der Waals surface area contributed by atoms with E-state index in [9.17, 15) is 18.0 Å². The zero-order valence-corrected chi connectivity index (χ0v) is 11.6. The standard InChI is InChI=1S/C13H10ClF3N2O2/c1-2-21-12(20)10-11(13(15,16)17)19(7-18-10)9-6-4-3-5-8(9)14/h3-7H,2H2,1H3. The van der Waals surface area contributed by atoms with Crippen molar-refractivity contribution in [3.8, 4) is 5.69 Å². The molecule has 1 heterocycles. The van der Waals surface area contributed by atoms with Crippen LogP contribution in [0.1, 0.15) is 23.1 Å². The van der Waals surface area contributed by atoms with Crippen molar-refractivity contribution in [1.82, 2.24) is 9.55 Å². The summed E-state index contributed by atoms with van der Waals surface area (Å²) in [6, 6.07) is 5.96. The molecule has 8 heteroatoms. The van der Waals surface area contributed by atoms with E-state index in [0.717, 1.165) is 10.9 Å². The zero-order valence-electron chi connectivity index (χ0n) is 10.8. The van der Waals surface area contributed by atoms with Crippen LogP contribution in [0.25, 0.3) is 5.69 Å². The Labute approximate surface area is 123 Å². The second-order valence-corrected chi connectivity index (χ2v) is 4.39. The highest BCUT2D eigenvalue weighted by Gasteiger charge is 2.41. The van der Waals surface area contributed by atoms with E-state index in [-0.39, 0.29) is 17.3 Å². The highest BCUT2D eigenvalue weighted by molar-refractivity contribution is 6.32. The molecule has 0 bridgehead atoms. The second kappa shape index (κ2) is 5.77. The van der Waals surface area contributed by atoms with Crippen LogP contribution in [0.4, 0.5) is 13.2 Å². The van der Waals surface area contributed by atoms with Crippen molar-refractivity contribution in [3.05, 3.63) is 47.0 Å². The molecular weight excluding hydrogens is 309 g/mol. The van der Waals surface area contributed by atoms with Gasteiger partial charge in [0.05, 0.1) is 17.3 Å². The van der Waals surface area contributed by atoms with Crippen LogP contribution in [0.5, 0.6) is 0 Å². The molecule has 0 atom stereocenters. The molecule has 0 radical (unpaired) electrons. The maximum atomic E-state index is 13.2. The number of benzene rings is 1. The molecule has 0 saturated carbocycles. The number of carbonyl (C=O) groups is 1. The van der Waals surface area contributed by atoms with Crippen LogP contribution in [0.15, 0.2) is 30.6 Å². The van der Waals surface area contributed by atoms with Crippen molar-refractivity contribution in [2.75, 3.05) is 6.61 Å². The lowest BCUT2D eigenvalue weighted by Crippen LogP contribution is -2.18. The molecule has 0 spiro atoms. The van der Waals surface area contributed by atoms with E-state index < -0.39 is 23.5 Å². The van der Waals surface area contributed by atoms with Crippen LogP contribution in [0.2, 0.25) is 5.02 Å². The Morgan fingerprint density at radius 2 is 2.05 bits per heavy atom. The van der Waals surface area contributed by atoms with Crippen molar-refractivity contribution in [2.45, 2.75) is 13.1 Å². The van der Waals surface area contributed by atoms with E-state index in [4.69, 9.17) is 11.6 Å². The number of hydrogen-bond acceptors (Lipinski definition) is 3. The molecule has 0 aliphatic rings. The number of rotatable bonds is 3. The van der Waals surface area contributed by atoms with Gasteiger partial charge < -0.3 is 4.74 Å². The molecular formula is C13H10ClF3N2O2. The zero-order chi connectivity index (χ0) is 15.6. The van der Waals surface area contributed by atoms with Gasteiger partial charge in [-0.2, -0.15) is 13.2 Å². The molecule has 2 aromatic rings. The lowest BCUT2D eigenvalue weighted by molar-refractivity contribution is -0.142. The molecule has 0 fully saturated rings. The van der Waals surface area contributed by atoms with E-state index in [1.165, 1.54) is 25.1 Å². The molecule has 112 valence electrons. The number of imidazole rings is 1. The number of aromatic nitrogens is 2. The summed E-state index contributed by atoms with van der Waals surface area (Å²) in [5.41, 5.74) is -1.92. The molecule has 2 rings (SSSR count). The third kappa shape index (κ3) is 3.02. The number of ether oxygens (including phenoxy) is 1. The van der Waals surface area contributed by atoms with E-state index in [1.54, 1.807) is 6.07 Å². The normalized spacial score (nSPS) is 11.5. The fraction of sp³-hybridized carbons (Fsp3) is 0.231. The monoisotopic (exact) mass is 318 g/mol. The third-order valence-electron chi connectivity index (χ3n) is 2.62. The minimum atomic E-state index is -4.78. The number of carbonyl (C=O) groups excluding carboxylic acids is 1. The van der Waals surface area contributed by atoms with Crippen LogP contribution in [-0.4, -0.2) is 22.1 Å². The summed E-state index contributed by atoms with van der Waals surface area (Å²) in [6.45, 7) is 1.45. The largest absolute Gasteiger partial charge is 0.461 e. The Balaban J connectivity index is 2.64. The van der Waals surface area contributed by atoms with Gasteiger partial charge in [0.1, 0.15) is 6.33 Å². The number of hydrogen-bond donors (Lipinski definition) is 0. The molecule has 0 amide bonds. The minimum Gasteiger partial charge on any atom is -0.461 e. The Hall–Kier alpha value is -2.02. The molecule has 0 aliphatic carbocycles. The van der Waals surface area contributed by atoms with Gasteiger partial charge in [-0.1, -0.05) is 23.7 Å². The minimum absolute atomic E-state index is 0.0465. The number of esters is 1. The molecule has 1 aromatic heterocycles. The van der Waals surface area contributed by atoms with Gasteiger partial charge in [-0.15, -0.1) is 0 Å². The summed E-state index contributed by atoms with van der Waals surface area (Å²) in [7, 11) is 0. The molecule has 0 aliphatic heterocycles. The fourth-order valence-corrected chi connectivity index (χ4v) is 2.02. The van der Waals surface area contributed by atoms with Crippen molar-refractivity contribution in [1.29, 1.82) is 0 Å². The maximum Gasteiger partial charge on any atom is 0.434 e. The van der Waals surface area contributed by atoms with E-state index in [0.29, 0.717) is 0 Å². The average Bonchev–Trinajstić information content (AvgIpc) is 2.84. The number of alkyl halides is 3. The van der Waals surface area contributed by atoms with E-state index >= 15 is 0 Å². The Morgan fingerprint density at radius 1 is 1.38 bits per heavy atom. The van der Waals surface area contributed by atoms with Gasteiger partial charge >= 0.3 is 12.1 Å². The Kier molecular flexibility index (Phi) is 4.22. The van der Waals surface area contributed by atoms with Crippen LogP contribution >= 0.6 is 11.6 Å². The number of para-hydroxylation sites is 1. The molecule has 0 unspecified atom stereocenters. The van der Waals surface area contributed by atoms with Gasteiger partial charge in [0.15, 0.2) is 11.4 Å². The van der Waals surface area contributed by atoms with Crippen molar-refractivity contribution in [2.24, 2.45) is 0 Å². The first-order valence-corrected chi connectivity index (χ1v) is 6.30. The van der Waals surface area contributed by atoms with Crippen LogP contribution in [0.3, 0.4) is 0 Å². The van der Waals surface area contributed by atoms with Crippen molar-refractivity contribution >= 4 is 17.6 Å². The van der Waals surface area contributed by atoms with Crippen LogP contribution in [-0.2, 0) is 10.9 Å². The summed E-state index contributed by atoms with van der Waals surface area (Å²) in [4.78, 5) is 15.1. The maximum absolute atomic E-state index is 13.2. The summed E-state index contributed by atoms with van der Waals surface area (Å²) >= 11 is 5.90. The van der Waals surface area contributed by atoms with E-state index in [2.05, 4.69) is 9.72 Å². The highest BCUT2D eigenvalue weighted by atomic mass is 35.5. The number of nitrogens with zero attached hydrogens (tertiary/aromatic N) is 2. The fourth-order valence-electron chi connectivity index (χ4n) is 1.80. The van der Waals surface area contributed by atoms with Gasteiger partial charge in [0.2, 0.25) is 0 Å². The average molecular weight is 319 g/mol. The highest BCUT2D eigenvalue weighted by Crippen LogP contribution is 2.35. The van der Waals surface area contributed by atoms with Gasteiger partial charge in [-0.05, 0) is 19.1 Å². The molecule has 1 aromatic carbocycles. The summed E-state index contributed by atoms with van der Waals surface area (Å²) in [5.74, 6) is -1.13. The lowest BCUT2D eigenvalue weighted by atomic mass is 10.2. The second-order valence-electron chi connectivity index (χ2n) is 3.98. The summed E-state index contributed by atoms with van der Waals surface area (Å²) < 4.78 is 45.1. The van der Waals surface area contributed by atoms with Gasteiger partial charge in [-0.25, -0.2) is 9.78 Å². The van der Waals surface area contributed by atoms with Gasteiger partial charge in [-0.3, -0.25) is 4.57 Å². The predicted molar refractivity (Wildman–Crippen MR) is 69.5 cm³/mol. The first-order chi connectivity index (χ1) is 9.86. The predicted octanol–water partition coefficient (Wildman–Crippen LogP) is 3.72. The van der Waals surface area contributed by atoms with Gasteiger partial charge in [0, 0.05) is 0 Å².